The summed E-state index contributed by atoms with van der Waals surface area (Å²) in [7, 11) is -16.4. The minimum Gasteiger partial charge on any atom is -0.386 e. The molecule has 0 saturated carbocycles. The number of amides is 2. The average molecular weight is 950 g/mol. The number of rotatable bonds is 27. The van der Waals surface area contributed by atoms with Crippen LogP contribution in [0.15, 0.2) is 24.8 Å². The van der Waals surface area contributed by atoms with Gasteiger partial charge in [-0.25, -0.2) is 28.6 Å². The van der Waals surface area contributed by atoms with Gasteiger partial charge >= 0.3 is 23.5 Å². The first kappa shape index (κ1) is 52.6. The highest BCUT2D eigenvalue weighted by Crippen LogP contribution is 2.61. The number of carbonyl (C=O) groups is 3. The third-order valence-corrected chi connectivity index (χ3v) is 12.8. The number of phosphoric acid groups is 3. The second-order valence-electron chi connectivity index (χ2n) is 14.3. The topological polar surface area (TPSA) is 384 Å². The number of allylic oxidation sites excluding steroid dienone is 1. The van der Waals surface area contributed by atoms with Gasteiger partial charge in [-0.1, -0.05) is 70.4 Å². The van der Waals surface area contributed by atoms with Gasteiger partial charge in [-0.05, 0) is 12.8 Å². The lowest BCUT2D eigenvalue weighted by atomic mass is 9.87. The van der Waals surface area contributed by atoms with E-state index >= 15 is 0 Å². The fourth-order valence-corrected chi connectivity index (χ4v) is 9.02. The SMILES string of the molecule is CCCCCCC/C=C/C(O)C(=O)SCCNC(=O)CCNC(=O)C(O)C(C)(C)COP(=O)(O)OP(=O)(O)OCC1OC(n2cnc3c(N)ncnc32)C(O)C1OP(=O)(O)O. The zero-order valence-corrected chi connectivity index (χ0v) is 37.0. The molecule has 1 fully saturated rings. The Morgan fingerprint density at radius 2 is 1.70 bits per heavy atom. The van der Waals surface area contributed by atoms with Crippen molar-refractivity contribution in [3.63, 3.8) is 0 Å². The van der Waals surface area contributed by atoms with E-state index in [1.165, 1.54) is 26.3 Å². The number of unbranched alkanes of at least 4 members (excludes halogenated alkanes) is 5. The molecule has 0 spiro atoms. The molecule has 0 radical (unpaired) electrons. The number of thioether (sulfide) groups is 1. The monoisotopic (exact) mass is 949 g/mol. The predicted molar refractivity (Wildman–Crippen MR) is 216 cm³/mol. The molecule has 29 heteroatoms. The molecule has 11 N–H and O–H groups in total. The molecule has 61 heavy (non-hydrogen) atoms. The zero-order valence-electron chi connectivity index (χ0n) is 33.5. The second-order valence-corrected chi connectivity index (χ2v) is 19.6. The van der Waals surface area contributed by atoms with E-state index in [4.69, 9.17) is 19.5 Å². The van der Waals surface area contributed by atoms with Gasteiger partial charge in [-0.3, -0.25) is 32.5 Å². The third-order valence-electron chi connectivity index (χ3n) is 8.78. The van der Waals surface area contributed by atoms with E-state index in [-0.39, 0.29) is 42.2 Å². The second kappa shape index (κ2) is 23.8. The molecule has 8 atom stereocenters. The summed E-state index contributed by atoms with van der Waals surface area (Å²) in [5, 5.41) is 35.9. The molecule has 3 rings (SSSR count). The molecule has 3 heterocycles. The van der Waals surface area contributed by atoms with Gasteiger partial charge in [0.15, 0.2) is 17.7 Å². The Morgan fingerprint density at radius 3 is 2.39 bits per heavy atom. The van der Waals surface area contributed by atoms with E-state index in [0.29, 0.717) is 0 Å². The number of aromatic nitrogens is 4. The first-order valence-corrected chi connectivity index (χ1v) is 24.4. The number of nitrogens with zero attached hydrogens (tertiary/aromatic N) is 4. The summed E-state index contributed by atoms with van der Waals surface area (Å²) in [6.45, 7) is 2.43. The first-order valence-electron chi connectivity index (χ1n) is 18.9. The van der Waals surface area contributed by atoms with Crippen LogP contribution in [0.25, 0.3) is 11.2 Å². The Bertz CT molecular complexity index is 1950. The number of nitrogens with two attached hydrogens (primary N) is 1. The van der Waals surface area contributed by atoms with Crippen LogP contribution >= 0.6 is 35.2 Å². The number of phosphoric ester groups is 3. The van der Waals surface area contributed by atoms with E-state index in [1.807, 2.05) is 0 Å². The van der Waals surface area contributed by atoms with E-state index < -0.39 is 95.8 Å². The molecular weight excluding hydrogens is 895 g/mol. The predicted octanol–water partition coefficient (Wildman–Crippen LogP) is 0.942. The lowest BCUT2D eigenvalue weighted by Gasteiger charge is -2.30. The van der Waals surface area contributed by atoms with Gasteiger partial charge in [-0.2, -0.15) is 4.31 Å². The van der Waals surface area contributed by atoms with Crippen molar-refractivity contribution in [1.29, 1.82) is 0 Å². The fourth-order valence-electron chi connectivity index (χ4n) is 5.54. The maximum atomic E-state index is 12.7. The quantitative estimate of drug-likeness (QED) is 0.0338. The molecule has 2 aromatic rings. The van der Waals surface area contributed by atoms with Gasteiger partial charge in [-0.15, -0.1) is 0 Å². The number of imidazole rings is 1. The van der Waals surface area contributed by atoms with Crippen molar-refractivity contribution in [3.8, 4) is 0 Å². The molecule has 1 saturated heterocycles. The van der Waals surface area contributed by atoms with Gasteiger partial charge in [0.2, 0.25) is 16.9 Å². The number of aliphatic hydroxyl groups excluding tert-OH is 3. The number of nitrogen functional groups attached to an aromatic ring is 1. The highest BCUT2D eigenvalue weighted by Gasteiger charge is 2.50. The lowest BCUT2D eigenvalue weighted by Crippen LogP contribution is -2.46. The Labute approximate surface area is 354 Å². The minimum absolute atomic E-state index is 0.0255. The molecule has 25 nitrogen and oxygen atoms in total. The number of carbonyl (C=O) groups excluding carboxylic acids is 3. The summed E-state index contributed by atoms with van der Waals surface area (Å²) in [5.74, 6) is -1.35. The summed E-state index contributed by atoms with van der Waals surface area (Å²) in [4.78, 5) is 87.9. The van der Waals surface area contributed by atoms with E-state index in [9.17, 15) is 63.0 Å². The molecule has 0 bridgehead atoms. The largest absolute Gasteiger partial charge is 0.481 e. The number of hydrogen-bond acceptors (Lipinski definition) is 19. The van der Waals surface area contributed by atoms with E-state index in [2.05, 4.69) is 41.3 Å². The smallest absolute Gasteiger partial charge is 0.386 e. The molecule has 1 aliphatic rings. The highest BCUT2D eigenvalue weighted by atomic mass is 32.2. The number of aliphatic hydroxyl groups is 3. The van der Waals surface area contributed by atoms with Crippen molar-refractivity contribution >= 4 is 69.1 Å². The molecule has 0 aromatic carbocycles. The van der Waals surface area contributed by atoms with Gasteiger partial charge in [0.25, 0.3) is 0 Å². The maximum absolute atomic E-state index is 12.7. The lowest BCUT2D eigenvalue weighted by molar-refractivity contribution is -0.137. The summed E-state index contributed by atoms with van der Waals surface area (Å²) in [6, 6.07) is 0. The molecule has 8 unspecified atom stereocenters. The Morgan fingerprint density at radius 1 is 1.02 bits per heavy atom. The first-order chi connectivity index (χ1) is 28.5. The van der Waals surface area contributed by atoms with Gasteiger partial charge in [0.05, 0.1) is 19.5 Å². The summed E-state index contributed by atoms with van der Waals surface area (Å²) < 4.78 is 62.2. The van der Waals surface area contributed by atoms with Crippen LogP contribution in [0.2, 0.25) is 0 Å². The van der Waals surface area contributed by atoms with Crippen LogP contribution < -0.4 is 16.4 Å². The van der Waals surface area contributed by atoms with Crippen LogP contribution in [0.5, 0.6) is 0 Å². The Kier molecular flexibility index (Phi) is 20.5. The summed E-state index contributed by atoms with van der Waals surface area (Å²) in [6.07, 6.45) is 1.23. The molecule has 1 aliphatic heterocycles. The maximum Gasteiger partial charge on any atom is 0.481 e. The van der Waals surface area contributed by atoms with Crippen molar-refractivity contribution in [2.45, 2.75) is 102 Å². The highest BCUT2D eigenvalue weighted by molar-refractivity contribution is 8.13. The third kappa shape index (κ3) is 17.4. The molecule has 346 valence electrons. The van der Waals surface area contributed by atoms with Gasteiger partial charge in [0, 0.05) is 30.7 Å². The van der Waals surface area contributed by atoms with Gasteiger partial charge in [0.1, 0.15) is 42.4 Å². The van der Waals surface area contributed by atoms with E-state index in [1.54, 1.807) is 6.08 Å². The van der Waals surface area contributed by atoms with Crippen molar-refractivity contribution in [2.24, 2.45) is 5.41 Å². The Hall–Kier alpha value is -2.74. The van der Waals surface area contributed by atoms with Crippen molar-refractivity contribution in [3.05, 3.63) is 24.8 Å². The Balaban J connectivity index is 1.42. The molecule has 0 aliphatic carbocycles. The van der Waals surface area contributed by atoms with Crippen LogP contribution in [-0.4, -0.2) is 134 Å². The average Bonchev–Trinajstić information content (AvgIpc) is 3.73. The number of fused-ring (bicyclic) bond motifs is 1. The number of hydrogen-bond donors (Lipinski definition) is 10. The number of anilines is 1. The summed E-state index contributed by atoms with van der Waals surface area (Å²) >= 11 is 0.852. The van der Waals surface area contributed by atoms with Crippen LogP contribution in [0.1, 0.15) is 71.9 Å². The van der Waals surface area contributed by atoms with Crippen molar-refractivity contribution in [1.82, 2.24) is 30.2 Å². The van der Waals surface area contributed by atoms with E-state index in [0.717, 1.165) is 61.1 Å². The van der Waals surface area contributed by atoms with Crippen LogP contribution in [0.4, 0.5) is 5.82 Å². The van der Waals surface area contributed by atoms with Crippen molar-refractivity contribution in [2.75, 3.05) is 37.8 Å². The number of nitrogens with one attached hydrogen (secondary N) is 2. The van der Waals surface area contributed by atoms with Crippen LogP contribution in [-0.2, 0) is 50.7 Å². The number of ether oxygens (including phenoxy) is 1. The molecule has 2 aromatic heterocycles. The fraction of sp³-hybridized carbons (Fsp3) is 0.688. The normalized spacial score (nSPS) is 21.5. The van der Waals surface area contributed by atoms with Crippen LogP contribution in [0.3, 0.4) is 0 Å². The standard InChI is InChI=1S/C32H54N7O18P3S/c1-4-5-6-7-8-9-10-11-20(40)31(45)61-15-14-34-22(41)12-13-35-29(44)26(43)32(2,3)17-54-60(51,52)57-59(49,50)53-16-21-25(56-58(46,47)48)24(42)30(55-21)39-19-38-23-27(33)36-18-37-28(23)39/h10-11,18-21,24-26,30,40,42-43H,4-9,12-17H2,1-3H3,(H,34,41)(H,35,44)(H,49,50)(H,51,52)(H2,33,36,37)(H2,46,47,48)/b11-10+. The van der Waals surface area contributed by atoms with Crippen molar-refractivity contribution < 1.29 is 85.6 Å². The minimum atomic E-state index is -5.59. The van der Waals surface area contributed by atoms with Gasteiger partial charge < -0.3 is 56.0 Å². The molecular formula is C32H54N7O18P3S. The van der Waals surface area contributed by atoms with Crippen LogP contribution in [0, 0.1) is 5.41 Å². The zero-order chi connectivity index (χ0) is 45.6. The summed E-state index contributed by atoms with van der Waals surface area (Å²) in [5.41, 5.74) is 4.23. The molecule has 2 amide bonds.